The third-order valence-electron chi connectivity index (χ3n) is 3.65. The van der Waals surface area contributed by atoms with Crippen LogP contribution < -0.4 is 5.32 Å². The number of nitrogens with zero attached hydrogens (tertiary/aromatic N) is 2. The van der Waals surface area contributed by atoms with E-state index in [0.29, 0.717) is 6.04 Å². The average Bonchev–Trinajstić information content (AvgIpc) is 2.68. The Kier molecular flexibility index (Phi) is 7.10. The number of hydrogen-bond acceptors (Lipinski definition) is 3. The van der Waals surface area contributed by atoms with Gasteiger partial charge in [-0.1, -0.05) is 0 Å². The lowest BCUT2D eigenvalue weighted by Crippen LogP contribution is -2.21. The van der Waals surface area contributed by atoms with Gasteiger partial charge < -0.3 is 10.1 Å². The minimum atomic E-state index is 0.378. The van der Waals surface area contributed by atoms with Gasteiger partial charge in [-0.3, -0.25) is 4.68 Å². The van der Waals surface area contributed by atoms with Gasteiger partial charge in [-0.2, -0.15) is 5.10 Å². The Morgan fingerprint density at radius 1 is 1.26 bits per heavy atom. The Bertz CT molecular complexity index is 374. The molecule has 4 nitrogen and oxygen atoms in total. The van der Waals surface area contributed by atoms with Gasteiger partial charge in [-0.25, -0.2) is 0 Å². The predicted molar refractivity (Wildman–Crippen MR) is 79.5 cm³/mol. The maximum atomic E-state index is 5.05. The van der Waals surface area contributed by atoms with Gasteiger partial charge in [0.05, 0.1) is 5.69 Å². The minimum absolute atomic E-state index is 0.378. The van der Waals surface area contributed by atoms with Gasteiger partial charge in [0.2, 0.25) is 0 Å². The van der Waals surface area contributed by atoms with Crippen LogP contribution in [0.3, 0.4) is 0 Å². The van der Waals surface area contributed by atoms with Crippen molar-refractivity contribution in [2.75, 3.05) is 20.3 Å². The summed E-state index contributed by atoms with van der Waals surface area (Å²) in [5.41, 5.74) is 3.80. The SMILES string of the molecule is CCn1nc(C)c(C(C)NCCCCCOC)c1C. The van der Waals surface area contributed by atoms with Gasteiger partial charge in [0, 0.05) is 37.6 Å². The molecule has 0 aromatic carbocycles. The molecule has 0 aliphatic heterocycles. The first kappa shape index (κ1) is 16.2. The second-order valence-electron chi connectivity index (χ2n) is 5.13. The molecule has 1 N–H and O–H groups in total. The first-order chi connectivity index (χ1) is 9.11. The monoisotopic (exact) mass is 267 g/mol. The molecule has 0 amide bonds. The number of hydrogen-bond donors (Lipinski definition) is 1. The molecule has 0 aliphatic carbocycles. The first-order valence-corrected chi connectivity index (χ1v) is 7.38. The molecule has 1 rings (SSSR count). The van der Waals surface area contributed by atoms with Crippen molar-refractivity contribution in [3.8, 4) is 0 Å². The third-order valence-corrected chi connectivity index (χ3v) is 3.65. The van der Waals surface area contributed by atoms with E-state index in [1.807, 2.05) is 0 Å². The van der Waals surface area contributed by atoms with E-state index in [2.05, 4.69) is 42.8 Å². The number of methoxy groups -OCH3 is 1. The van der Waals surface area contributed by atoms with Gasteiger partial charge in [0.15, 0.2) is 0 Å². The van der Waals surface area contributed by atoms with E-state index in [1.54, 1.807) is 7.11 Å². The summed E-state index contributed by atoms with van der Waals surface area (Å²) in [7, 11) is 1.76. The number of unbranched alkanes of at least 4 members (excludes halogenated alkanes) is 2. The summed E-state index contributed by atoms with van der Waals surface area (Å²) in [5.74, 6) is 0. The summed E-state index contributed by atoms with van der Waals surface area (Å²) < 4.78 is 7.14. The van der Waals surface area contributed by atoms with Crippen LogP contribution >= 0.6 is 0 Å². The van der Waals surface area contributed by atoms with E-state index in [1.165, 1.54) is 24.1 Å². The summed E-state index contributed by atoms with van der Waals surface area (Å²) in [6.07, 6.45) is 3.58. The fourth-order valence-corrected chi connectivity index (χ4v) is 2.61. The molecule has 0 aliphatic rings. The molecule has 1 unspecified atom stereocenters. The second-order valence-corrected chi connectivity index (χ2v) is 5.13. The molecule has 0 saturated carbocycles. The van der Waals surface area contributed by atoms with Gasteiger partial charge in [-0.05, 0) is 53.5 Å². The molecule has 110 valence electrons. The standard InChI is InChI=1S/C15H29N3O/c1-6-18-14(4)15(13(3)17-18)12(2)16-10-8-7-9-11-19-5/h12,16H,6-11H2,1-5H3. The van der Waals surface area contributed by atoms with E-state index in [9.17, 15) is 0 Å². The molecule has 1 aromatic rings. The summed E-state index contributed by atoms with van der Waals surface area (Å²) in [6.45, 7) is 11.5. The lowest BCUT2D eigenvalue weighted by molar-refractivity contribution is 0.192. The fraction of sp³-hybridized carbons (Fsp3) is 0.800. The second kappa shape index (κ2) is 8.33. The van der Waals surface area contributed by atoms with Crippen molar-refractivity contribution in [2.45, 2.75) is 59.5 Å². The predicted octanol–water partition coefficient (Wildman–Crippen LogP) is 2.99. The number of aryl methyl sites for hydroxylation is 2. The molecule has 1 aromatic heterocycles. The average molecular weight is 267 g/mol. The minimum Gasteiger partial charge on any atom is -0.385 e. The Labute approximate surface area is 117 Å². The lowest BCUT2D eigenvalue weighted by atomic mass is 10.1. The van der Waals surface area contributed by atoms with Gasteiger partial charge >= 0.3 is 0 Å². The maximum absolute atomic E-state index is 5.05. The molecule has 0 fully saturated rings. The first-order valence-electron chi connectivity index (χ1n) is 7.38. The van der Waals surface area contributed by atoms with Gasteiger partial charge in [0.25, 0.3) is 0 Å². The van der Waals surface area contributed by atoms with E-state index in [-0.39, 0.29) is 0 Å². The quantitative estimate of drug-likeness (QED) is 0.699. The molecule has 1 heterocycles. The van der Waals surface area contributed by atoms with Crippen molar-refractivity contribution >= 4 is 0 Å². The number of aromatic nitrogens is 2. The van der Waals surface area contributed by atoms with Crippen LogP contribution in [0.1, 0.15) is 56.1 Å². The summed E-state index contributed by atoms with van der Waals surface area (Å²) in [5, 5.41) is 8.18. The van der Waals surface area contributed by atoms with Crippen LogP contribution in [0.5, 0.6) is 0 Å². The van der Waals surface area contributed by atoms with Gasteiger partial charge in [0.1, 0.15) is 0 Å². The van der Waals surface area contributed by atoms with Crippen molar-refractivity contribution in [1.29, 1.82) is 0 Å². The van der Waals surface area contributed by atoms with E-state index >= 15 is 0 Å². The van der Waals surface area contributed by atoms with Crippen molar-refractivity contribution in [2.24, 2.45) is 0 Å². The van der Waals surface area contributed by atoms with Crippen LogP contribution in [0.4, 0.5) is 0 Å². The molecule has 4 heteroatoms. The highest BCUT2D eigenvalue weighted by Gasteiger charge is 2.16. The summed E-state index contributed by atoms with van der Waals surface area (Å²) >= 11 is 0. The zero-order chi connectivity index (χ0) is 14.3. The Morgan fingerprint density at radius 3 is 2.58 bits per heavy atom. The van der Waals surface area contributed by atoms with E-state index < -0.39 is 0 Å². The van der Waals surface area contributed by atoms with Crippen LogP contribution in [0.15, 0.2) is 0 Å². The van der Waals surface area contributed by atoms with Crippen LogP contribution in [0.25, 0.3) is 0 Å². The number of rotatable bonds is 9. The Morgan fingerprint density at radius 2 is 2.00 bits per heavy atom. The molecule has 1 atom stereocenters. The zero-order valence-electron chi connectivity index (χ0n) is 13.1. The van der Waals surface area contributed by atoms with Crippen molar-refractivity contribution in [1.82, 2.24) is 15.1 Å². The fourth-order valence-electron chi connectivity index (χ4n) is 2.61. The zero-order valence-corrected chi connectivity index (χ0v) is 13.1. The molecule has 0 saturated heterocycles. The highest BCUT2D eigenvalue weighted by atomic mass is 16.5. The highest BCUT2D eigenvalue weighted by molar-refractivity contribution is 5.27. The maximum Gasteiger partial charge on any atom is 0.0644 e. The number of nitrogens with one attached hydrogen (secondary N) is 1. The van der Waals surface area contributed by atoms with Crippen molar-refractivity contribution in [3.63, 3.8) is 0 Å². The Balaban J connectivity index is 2.41. The molecule has 19 heavy (non-hydrogen) atoms. The van der Waals surface area contributed by atoms with Crippen molar-refractivity contribution in [3.05, 3.63) is 17.0 Å². The summed E-state index contributed by atoms with van der Waals surface area (Å²) in [6, 6.07) is 0.378. The molecule has 0 radical (unpaired) electrons. The van der Waals surface area contributed by atoms with Crippen LogP contribution in [-0.4, -0.2) is 30.0 Å². The van der Waals surface area contributed by atoms with Crippen LogP contribution in [0, 0.1) is 13.8 Å². The van der Waals surface area contributed by atoms with Crippen LogP contribution in [0.2, 0.25) is 0 Å². The summed E-state index contributed by atoms with van der Waals surface area (Å²) in [4.78, 5) is 0. The smallest absolute Gasteiger partial charge is 0.0644 e. The van der Waals surface area contributed by atoms with Gasteiger partial charge in [-0.15, -0.1) is 0 Å². The van der Waals surface area contributed by atoms with Crippen molar-refractivity contribution < 1.29 is 4.74 Å². The molecule has 0 spiro atoms. The largest absolute Gasteiger partial charge is 0.385 e. The topological polar surface area (TPSA) is 39.1 Å². The van der Waals surface area contributed by atoms with Crippen LogP contribution in [-0.2, 0) is 11.3 Å². The van der Waals surface area contributed by atoms with E-state index in [0.717, 1.165) is 31.8 Å². The lowest BCUT2D eigenvalue weighted by Gasteiger charge is -2.15. The molecular formula is C15H29N3O. The Hall–Kier alpha value is -0.870. The molecule has 0 bridgehead atoms. The number of ether oxygens (including phenoxy) is 1. The normalized spacial score (nSPS) is 12.9. The van der Waals surface area contributed by atoms with E-state index in [4.69, 9.17) is 4.74 Å². The highest BCUT2D eigenvalue weighted by Crippen LogP contribution is 2.21. The molecular weight excluding hydrogens is 238 g/mol. The third kappa shape index (κ3) is 4.62.